The lowest BCUT2D eigenvalue weighted by atomic mass is 9.75. The Kier molecular flexibility index (Phi) is 7.25. The molecule has 0 bridgehead atoms. The Labute approximate surface area is 184 Å². The highest BCUT2D eigenvalue weighted by Gasteiger charge is 2.51. The highest BCUT2D eigenvalue weighted by Crippen LogP contribution is 2.40. The Morgan fingerprint density at radius 3 is 2.52 bits per heavy atom. The second-order valence-corrected chi connectivity index (χ2v) is 8.82. The first kappa shape index (κ1) is 21.8. The molecule has 1 aromatic carbocycles. The molecular weight excluding hydrogens is 390 g/mol. The molecule has 164 valence electrons. The third-order valence-electron chi connectivity index (χ3n) is 6.88. The van der Waals surface area contributed by atoms with Crippen molar-refractivity contribution in [2.75, 3.05) is 39.5 Å². The average Bonchev–Trinajstić information content (AvgIpc) is 3.29. The van der Waals surface area contributed by atoms with Crippen LogP contribution in [0.1, 0.15) is 49.1 Å². The number of benzene rings is 1. The molecule has 3 atom stereocenters. The fourth-order valence-corrected chi connectivity index (χ4v) is 5.08. The first-order chi connectivity index (χ1) is 15.2. The van der Waals surface area contributed by atoms with E-state index in [2.05, 4.69) is 17.9 Å². The third-order valence-corrected chi connectivity index (χ3v) is 6.88. The van der Waals surface area contributed by atoms with Gasteiger partial charge in [-0.25, -0.2) is 0 Å². The van der Waals surface area contributed by atoms with Crippen molar-refractivity contribution in [1.82, 2.24) is 9.80 Å². The summed E-state index contributed by atoms with van der Waals surface area (Å²) in [6, 6.07) is 9.31. The van der Waals surface area contributed by atoms with Gasteiger partial charge in [0.15, 0.2) is 0 Å². The minimum absolute atomic E-state index is 0.0989. The van der Waals surface area contributed by atoms with Crippen LogP contribution in [-0.4, -0.2) is 72.4 Å². The van der Waals surface area contributed by atoms with E-state index in [-0.39, 0.29) is 31.0 Å². The summed E-state index contributed by atoms with van der Waals surface area (Å²) in [4.78, 5) is 16.5. The van der Waals surface area contributed by atoms with Gasteiger partial charge in [0, 0.05) is 31.0 Å². The fraction of sp³-hybridized carbons (Fsp3) is 0.600. The lowest BCUT2D eigenvalue weighted by molar-refractivity contribution is -0.149. The van der Waals surface area contributed by atoms with Crippen LogP contribution in [0.3, 0.4) is 0 Å². The number of nitrogens with zero attached hydrogens (tertiary/aromatic N) is 3. The van der Waals surface area contributed by atoms with Crippen molar-refractivity contribution in [3.8, 4) is 17.9 Å². The quantitative estimate of drug-likeness (QED) is 0.737. The van der Waals surface area contributed by atoms with Gasteiger partial charge < -0.3 is 14.7 Å². The average molecular weight is 422 g/mol. The lowest BCUT2D eigenvalue weighted by Gasteiger charge is -2.52. The van der Waals surface area contributed by atoms with Gasteiger partial charge in [-0.15, -0.1) is 0 Å². The van der Waals surface area contributed by atoms with Gasteiger partial charge in [-0.1, -0.05) is 36.8 Å². The molecule has 2 heterocycles. The van der Waals surface area contributed by atoms with Crippen LogP contribution < -0.4 is 0 Å². The summed E-state index contributed by atoms with van der Waals surface area (Å²) in [6.45, 7) is 2.79. The molecule has 6 nitrogen and oxygen atoms in total. The van der Waals surface area contributed by atoms with E-state index in [4.69, 9.17) is 4.74 Å². The first-order valence-electron chi connectivity index (χ1n) is 11.4. The summed E-state index contributed by atoms with van der Waals surface area (Å²) >= 11 is 0. The summed E-state index contributed by atoms with van der Waals surface area (Å²) in [5.74, 6) is 7.04. The Bertz CT molecular complexity index is 855. The molecule has 1 saturated carbocycles. The number of ether oxygens (including phenoxy) is 1. The van der Waals surface area contributed by atoms with Gasteiger partial charge in [0.1, 0.15) is 6.04 Å². The molecule has 1 amide bonds. The Balaban J connectivity index is 1.39. The maximum atomic E-state index is 12.9. The zero-order chi connectivity index (χ0) is 21.6. The molecular formula is C25H31N3O3. The SMILES string of the molecule is N#C[C@H]1[C@H](c2ccc(C#CCC3CCCC3)cc2)[C@H](CO)N1C(=O)CN1CCOCC1. The van der Waals surface area contributed by atoms with Crippen molar-refractivity contribution < 1.29 is 14.6 Å². The van der Waals surface area contributed by atoms with Gasteiger partial charge in [-0.2, -0.15) is 5.26 Å². The zero-order valence-electron chi connectivity index (χ0n) is 18.0. The molecule has 6 heteroatoms. The molecule has 0 unspecified atom stereocenters. The number of rotatable bonds is 5. The number of amides is 1. The van der Waals surface area contributed by atoms with Crippen LogP contribution in [0, 0.1) is 29.1 Å². The van der Waals surface area contributed by atoms with E-state index in [1.807, 2.05) is 29.2 Å². The monoisotopic (exact) mass is 421 g/mol. The van der Waals surface area contributed by atoms with Crippen molar-refractivity contribution in [2.45, 2.75) is 50.1 Å². The second-order valence-electron chi connectivity index (χ2n) is 8.82. The minimum atomic E-state index is -0.551. The minimum Gasteiger partial charge on any atom is -0.394 e. The number of carbonyl (C=O) groups is 1. The number of likely N-dealkylation sites (tertiary alicyclic amines) is 1. The van der Waals surface area contributed by atoms with Crippen molar-refractivity contribution in [2.24, 2.45) is 5.92 Å². The van der Waals surface area contributed by atoms with Crippen LogP contribution in [0.5, 0.6) is 0 Å². The molecule has 1 aromatic rings. The van der Waals surface area contributed by atoms with Crippen molar-refractivity contribution in [3.05, 3.63) is 35.4 Å². The van der Waals surface area contributed by atoms with Crippen LogP contribution in [-0.2, 0) is 9.53 Å². The largest absolute Gasteiger partial charge is 0.394 e. The van der Waals surface area contributed by atoms with Crippen LogP contribution in [0.4, 0.5) is 0 Å². The van der Waals surface area contributed by atoms with Gasteiger partial charge in [-0.3, -0.25) is 9.69 Å². The highest BCUT2D eigenvalue weighted by molar-refractivity contribution is 5.81. The number of aliphatic hydroxyl groups excluding tert-OH is 1. The molecule has 0 aromatic heterocycles. The predicted octanol–water partition coefficient (Wildman–Crippen LogP) is 2.13. The van der Waals surface area contributed by atoms with E-state index >= 15 is 0 Å². The van der Waals surface area contributed by atoms with Gasteiger partial charge >= 0.3 is 0 Å². The molecule has 1 aliphatic carbocycles. The van der Waals surface area contributed by atoms with Crippen LogP contribution in [0.2, 0.25) is 0 Å². The van der Waals surface area contributed by atoms with Crippen molar-refractivity contribution >= 4 is 5.91 Å². The van der Waals surface area contributed by atoms with E-state index < -0.39 is 6.04 Å². The summed E-state index contributed by atoms with van der Waals surface area (Å²) in [5, 5.41) is 19.7. The van der Waals surface area contributed by atoms with Gasteiger partial charge in [-0.05, 0) is 36.5 Å². The molecule has 0 spiro atoms. The molecule has 3 fully saturated rings. The van der Waals surface area contributed by atoms with E-state index in [0.29, 0.717) is 26.3 Å². The third kappa shape index (κ3) is 4.93. The zero-order valence-corrected chi connectivity index (χ0v) is 18.0. The van der Waals surface area contributed by atoms with Crippen LogP contribution in [0.25, 0.3) is 0 Å². The number of carbonyl (C=O) groups excluding carboxylic acids is 1. The van der Waals surface area contributed by atoms with Gasteiger partial charge in [0.2, 0.25) is 5.91 Å². The van der Waals surface area contributed by atoms with Crippen molar-refractivity contribution in [1.29, 1.82) is 5.26 Å². The molecule has 0 radical (unpaired) electrons. The standard InChI is InChI=1S/C25H31N3O3/c26-16-22-25(23(18-29)28(22)24(30)17-27-12-14-31-15-13-27)21-10-8-20(9-11-21)7-3-6-19-4-1-2-5-19/h8-11,19,22-23,25,29H,1-2,4-6,12-15,17-18H2/t22-,23-,25-/m0/s1. The first-order valence-corrected chi connectivity index (χ1v) is 11.4. The molecule has 1 N–H and O–H groups in total. The van der Waals surface area contributed by atoms with Gasteiger partial charge in [0.25, 0.3) is 0 Å². The Hall–Kier alpha value is -2.38. The van der Waals surface area contributed by atoms with E-state index in [9.17, 15) is 15.2 Å². The maximum Gasteiger partial charge on any atom is 0.238 e. The van der Waals surface area contributed by atoms with Crippen LogP contribution >= 0.6 is 0 Å². The van der Waals surface area contributed by atoms with Crippen LogP contribution in [0.15, 0.2) is 24.3 Å². The summed E-state index contributed by atoms with van der Waals surface area (Å²) in [7, 11) is 0. The highest BCUT2D eigenvalue weighted by atomic mass is 16.5. The second kappa shape index (κ2) is 10.3. The molecule has 2 aliphatic heterocycles. The molecule has 3 aliphatic rings. The number of hydrogen-bond acceptors (Lipinski definition) is 5. The van der Waals surface area contributed by atoms with E-state index in [1.54, 1.807) is 4.90 Å². The Morgan fingerprint density at radius 2 is 1.87 bits per heavy atom. The normalized spacial score (nSPS) is 26.6. The number of hydrogen-bond donors (Lipinski definition) is 1. The summed E-state index contributed by atoms with van der Waals surface area (Å²) in [6.07, 6.45) is 6.23. The number of morpholine rings is 1. The molecule has 4 rings (SSSR count). The van der Waals surface area contributed by atoms with Gasteiger partial charge in [0.05, 0.1) is 38.5 Å². The smallest absolute Gasteiger partial charge is 0.238 e. The topological polar surface area (TPSA) is 76.8 Å². The molecule has 31 heavy (non-hydrogen) atoms. The lowest BCUT2D eigenvalue weighted by Crippen LogP contribution is -2.66. The summed E-state index contributed by atoms with van der Waals surface area (Å²) in [5.41, 5.74) is 1.94. The van der Waals surface area contributed by atoms with E-state index in [1.165, 1.54) is 25.7 Å². The maximum absolute atomic E-state index is 12.9. The van der Waals surface area contributed by atoms with E-state index in [0.717, 1.165) is 23.5 Å². The van der Waals surface area contributed by atoms with Crippen molar-refractivity contribution in [3.63, 3.8) is 0 Å². The predicted molar refractivity (Wildman–Crippen MR) is 117 cm³/mol. The molecule has 2 saturated heterocycles. The number of nitriles is 1. The Morgan fingerprint density at radius 1 is 1.16 bits per heavy atom. The summed E-state index contributed by atoms with van der Waals surface area (Å²) < 4.78 is 5.33. The fourth-order valence-electron chi connectivity index (χ4n) is 5.08. The number of aliphatic hydroxyl groups is 1.